The number of carbonyl (C=O) groups is 1. The van der Waals surface area contributed by atoms with Crippen LogP contribution in [0.3, 0.4) is 0 Å². The van der Waals surface area contributed by atoms with E-state index in [1.807, 2.05) is 0 Å². The van der Waals surface area contributed by atoms with Crippen LogP contribution in [0.5, 0.6) is 5.75 Å². The predicted octanol–water partition coefficient (Wildman–Crippen LogP) is -0.865. The van der Waals surface area contributed by atoms with E-state index in [1.54, 1.807) is 7.05 Å². The number of hydrogen-bond acceptors (Lipinski definition) is 7. The number of aromatic nitrogens is 4. The Morgan fingerprint density at radius 1 is 1.48 bits per heavy atom. The molecule has 1 aromatic heterocycles. The predicted molar refractivity (Wildman–Crippen MR) is 67.9 cm³/mol. The van der Waals surface area contributed by atoms with Crippen molar-refractivity contribution < 1.29 is 23.1 Å². The number of carboxylic acid groups (broad SMARTS) is 1. The van der Waals surface area contributed by atoms with Gasteiger partial charge in [0.2, 0.25) is 15.8 Å². The number of aryl methyl sites for hydroxylation is 1. The fraction of sp³-hybridized carbons (Fsp3) is 0.200. The van der Waals surface area contributed by atoms with Gasteiger partial charge in [0.25, 0.3) is 0 Å². The molecule has 0 aliphatic carbocycles. The molecule has 0 saturated carbocycles. The molecular formula is C10H11N5O5S. The molecule has 0 unspecified atom stereocenters. The highest BCUT2D eigenvalue weighted by atomic mass is 32.2. The van der Waals surface area contributed by atoms with Gasteiger partial charge in [-0.1, -0.05) is 0 Å². The molecule has 2 rings (SSSR count). The molecule has 1 aromatic carbocycles. The molecule has 0 aliphatic rings. The normalized spacial score (nSPS) is 11.3. The number of nitrogens with two attached hydrogens (primary N) is 1. The topological polar surface area (TPSA) is 150 Å². The Morgan fingerprint density at radius 3 is 2.71 bits per heavy atom. The zero-order valence-corrected chi connectivity index (χ0v) is 11.6. The van der Waals surface area contributed by atoms with Crippen molar-refractivity contribution in [3.63, 3.8) is 0 Å². The maximum absolute atomic E-state index is 11.5. The fourth-order valence-electron chi connectivity index (χ4n) is 1.51. The zero-order valence-electron chi connectivity index (χ0n) is 10.8. The summed E-state index contributed by atoms with van der Waals surface area (Å²) >= 11 is 0. The van der Waals surface area contributed by atoms with E-state index in [0.29, 0.717) is 0 Å². The van der Waals surface area contributed by atoms with Gasteiger partial charge in [0.05, 0.1) is 12.6 Å². The van der Waals surface area contributed by atoms with Crippen molar-refractivity contribution >= 4 is 16.0 Å². The molecule has 0 fully saturated rings. The van der Waals surface area contributed by atoms with Crippen LogP contribution in [-0.2, 0) is 23.7 Å². The number of tetrazole rings is 1. The number of aromatic carboxylic acids is 1. The van der Waals surface area contributed by atoms with Gasteiger partial charge in [-0.25, -0.2) is 18.4 Å². The van der Waals surface area contributed by atoms with Gasteiger partial charge in [0, 0.05) is 0 Å². The van der Waals surface area contributed by atoms with Crippen LogP contribution < -0.4 is 9.88 Å². The van der Waals surface area contributed by atoms with Gasteiger partial charge < -0.3 is 9.84 Å². The number of carboxylic acids is 1. The molecule has 0 radical (unpaired) electrons. The smallest absolute Gasteiger partial charge is 0.335 e. The third kappa shape index (κ3) is 3.52. The van der Waals surface area contributed by atoms with Crippen LogP contribution in [0, 0.1) is 0 Å². The summed E-state index contributed by atoms with van der Waals surface area (Å²) in [6.07, 6.45) is 0. The SMILES string of the molecule is Cn1nnc(COc2ccc(C(=O)O)cc2S(N)(=O)=O)n1. The van der Waals surface area contributed by atoms with E-state index in [4.69, 9.17) is 15.0 Å². The van der Waals surface area contributed by atoms with Crippen molar-refractivity contribution in [3.05, 3.63) is 29.6 Å². The van der Waals surface area contributed by atoms with Crippen LogP contribution in [0.15, 0.2) is 23.1 Å². The van der Waals surface area contributed by atoms with E-state index in [-0.39, 0.29) is 23.7 Å². The number of benzene rings is 1. The van der Waals surface area contributed by atoms with Gasteiger partial charge in [0.1, 0.15) is 10.6 Å². The van der Waals surface area contributed by atoms with Crippen molar-refractivity contribution in [2.45, 2.75) is 11.5 Å². The summed E-state index contributed by atoms with van der Waals surface area (Å²) < 4.78 is 28.3. The molecule has 0 atom stereocenters. The standard InChI is InChI=1S/C10H11N5O5S/c1-15-13-9(12-14-15)5-20-7-3-2-6(10(16)17)4-8(7)21(11,18)19/h2-4H,5H2,1H3,(H,16,17)(H2,11,18,19). The number of sulfonamides is 1. The van der Waals surface area contributed by atoms with Gasteiger partial charge in [-0.05, 0) is 23.4 Å². The summed E-state index contributed by atoms with van der Waals surface area (Å²) in [5.74, 6) is -1.13. The molecule has 0 bridgehead atoms. The van der Waals surface area contributed by atoms with E-state index in [0.717, 1.165) is 6.07 Å². The number of rotatable bonds is 5. The molecular weight excluding hydrogens is 302 g/mol. The lowest BCUT2D eigenvalue weighted by Crippen LogP contribution is -2.15. The van der Waals surface area contributed by atoms with Crippen LogP contribution in [0.2, 0.25) is 0 Å². The monoisotopic (exact) mass is 313 g/mol. The molecule has 0 aliphatic heterocycles. The maximum Gasteiger partial charge on any atom is 0.335 e. The minimum Gasteiger partial charge on any atom is -0.484 e. The first kappa shape index (κ1) is 14.9. The highest BCUT2D eigenvalue weighted by molar-refractivity contribution is 7.89. The van der Waals surface area contributed by atoms with Crippen LogP contribution in [0.4, 0.5) is 0 Å². The molecule has 21 heavy (non-hydrogen) atoms. The van der Waals surface area contributed by atoms with Gasteiger partial charge in [-0.3, -0.25) is 0 Å². The molecule has 0 amide bonds. The first-order valence-corrected chi connectivity index (χ1v) is 7.08. The second-order valence-corrected chi connectivity index (χ2v) is 5.53. The first-order chi connectivity index (χ1) is 9.77. The van der Waals surface area contributed by atoms with Crippen molar-refractivity contribution in [2.75, 3.05) is 0 Å². The summed E-state index contributed by atoms with van der Waals surface area (Å²) in [5, 5.41) is 25.0. The molecule has 11 heteroatoms. The molecule has 1 heterocycles. The Bertz CT molecular complexity index is 785. The van der Waals surface area contributed by atoms with Gasteiger partial charge in [-0.15, -0.1) is 10.2 Å². The highest BCUT2D eigenvalue weighted by Crippen LogP contribution is 2.24. The number of primary sulfonamides is 1. The minimum atomic E-state index is -4.14. The maximum atomic E-state index is 11.5. The summed E-state index contributed by atoms with van der Waals surface area (Å²) in [6.45, 7) is -0.136. The Hall–Kier alpha value is -2.53. The van der Waals surface area contributed by atoms with Gasteiger partial charge in [-0.2, -0.15) is 4.80 Å². The van der Waals surface area contributed by atoms with Gasteiger partial charge in [0.15, 0.2) is 6.61 Å². The fourth-order valence-corrected chi connectivity index (χ4v) is 2.20. The summed E-state index contributed by atoms with van der Waals surface area (Å²) in [6, 6.07) is 3.34. The van der Waals surface area contributed by atoms with E-state index in [2.05, 4.69) is 15.4 Å². The Kier molecular flexibility index (Phi) is 3.86. The Morgan fingerprint density at radius 2 is 2.19 bits per heavy atom. The summed E-state index contributed by atoms with van der Waals surface area (Å²) in [7, 11) is -2.58. The highest BCUT2D eigenvalue weighted by Gasteiger charge is 2.18. The quantitative estimate of drug-likeness (QED) is 0.723. The van der Waals surface area contributed by atoms with E-state index < -0.39 is 20.9 Å². The van der Waals surface area contributed by atoms with Crippen LogP contribution in [0.25, 0.3) is 0 Å². The zero-order chi connectivity index (χ0) is 15.6. The van der Waals surface area contributed by atoms with Crippen molar-refractivity contribution in [3.8, 4) is 5.75 Å². The summed E-state index contributed by atoms with van der Waals surface area (Å²) in [4.78, 5) is 11.7. The Labute approximate surface area is 119 Å². The second kappa shape index (κ2) is 5.46. The van der Waals surface area contributed by atoms with Gasteiger partial charge >= 0.3 is 5.97 Å². The molecule has 0 spiro atoms. The largest absolute Gasteiger partial charge is 0.484 e. The lowest BCUT2D eigenvalue weighted by molar-refractivity contribution is 0.0696. The molecule has 3 N–H and O–H groups in total. The average molecular weight is 313 g/mol. The molecule has 10 nitrogen and oxygen atoms in total. The van der Waals surface area contributed by atoms with Crippen molar-refractivity contribution in [1.82, 2.24) is 20.2 Å². The van der Waals surface area contributed by atoms with E-state index in [9.17, 15) is 13.2 Å². The Balaban J connectivity index is 2.32. The number of hydrogen-bond donors (Lipinski definition) is 2. The van der Waals surface area contributed by atoms with Crippen molar-refractivity contribution in [1.29, 1.82) is 0 Å². The van der Waals surface area contributed by atoms with E-state index in [1.165, 1.54) is 16.9 Å². The number of nitrogens with zero attached hydrogens (tertiary/aromatic N) is 4. The summed E-state index contributed by atoms with van der Waals surface area (Å²) in [5.41, 5.74) is -0.219. The third-order valence-electron chi connectivity index (χ3n) is 2.40. The van der Waals surface area contributed by atoms with Crippen molar-refractivity contribution in [2.24, 2.45) is 12.2 Å². The van der Waals surface area contributed by atoms with Crippen LogP contribution >= 0.6 is 0 Å². The van der Waals surface area contributed by atoms with E-state index >= 15 is 0 Å². The molecule has 112 valence electrons. The minimum absolute atomic E-state index is 0.0880. The van der Waals surface area contributed by atoms with Crippen LogP contribution in [-0.4, -0.2) is 39.7 Å². The third-order valence-corrected chi connectivity index (χ3v) is 3.34. The second-order valence-electron chi connectivity index (χ2n) is 4.00. The number of ether oxygens (including phenoxy) is 1. The molecule has 0 saturated heterocycles. The first-order valence-electron chi connectivity index (χ1n) is 5.53. The average Bonchev–Trinajstić information content (AvgIpc) is 2.81. The lowest BCUT2D eigenvalue weighted by Gasteiger charge is -2.09. The van der Waals surface area contributed by atoms with Crippen LogP contribution in [0.1, 0.15) is 16.2 Å². The molecule has 2 aromatic rings. The lowest BCUT2D eigenvalue weighted by atomic mass is 10.2.